The van der Waals surface area contributed by atoms with E-state index < -0.39 is 17.7 Å². The maximum Gasteiger partial charge on any atom is 0.415 e. The van der Waals surface area contributed by atoms with E-state index in [-0.39, 0.29) is 6.54 Å². The van der Waals surface area contributed by atoms with E-state index in [0.29, 0.717) is 5.69 Å². The Bertz CT molecular complexity index is 839. The standard InChI is InChI=1S/C20H22BrNO4/c1-14(23)25-13-7-12-22(19(24)26-20(2,3)4)17-11-10-15-8-5-6-9-16(15)18(17)21/h5-11,13H,12H2,1-4H3/b13-7+. The molecule has 0 bridgehead atoms. The van der Waals surface area contributed by atoms with Crippen molar-refractivity contribution in [2.45, 2.75) is 33.3 Å². The van der Waals surface area contributed by atoms with Crippen LogP contribution in [-0.4, -0.2) is 24.2 Å². The van der Waals surface area contributed by atoms with Gasteiger partial charge in [0.25, 0.3) is 0 Å². The quantitative estimate of drug-likeness (QED) is 0.490. The van der Waals surface area contributed by atoms with E-state index in [1.54, 1.807) is 6.08 Å². The number of halogens is 1. The minimum atomic E-state index is -0.627. The van der Waals surface area contributed by atoms with Crippen LogP contribution in [0.2, 0.25) is 0 Å². The summed E-state index contributed by atoms with van der Waals surface area (Å²) < 4.78 is 11.1. The van der Waals surface area contributed by atoms with E-state index in [2.05, 4.69) is 15.9 Å². The van der Waals surface area contributed by atoms with Gasteiger partial charge >= 0.3 is 12.1 Å². The van der Waals surface area contributed by atoms with E-state index in [9.17, 15) is 9.59 Å². The molecule has 0 heterocycles. The highest BCUT2D eigenvalue weighted by atomic mass is 79.9. The van der Waals surface area contributed by atoms with Crippen LogP contribution in [0.1, 0.15) is 27.7 Å². The topological polar surface area (TPSA) is 55.8 Å². The first-order chi connectivity index (χ1) is 12.2. The molecular weight excluding hydrogens is 398 g/mol. The number of anilines is 1. The fraction of sp³-hybridized carbons (Fsp3) is 0.300. The minimum absolute atomic E-state index is 0.194. The number of ether oxygens (including phenoxy) is 2. The lowest BCUT2D eigenvalue weighted by atomic mass is 10.1. The van der Waals surface area contributed by atoms with Gasteiger partial charge in [0.05, 0.1) is 18.5 Å². The van der Waals surface area contributed by atoms with Crippen LogP contribution in [0.15, 0.2) is 53.2 Å². The summed E-state index contributed by atoms with van der Waals surface area (Å²) in [7, 11) is 0. The molecule has 2 rings (SSSR count). The van der Waals surface area contributed by atoms with Crippen molar-refractivity contribution in [1.29, 1.82) is 0 Å². The van der Waals surface area contributed by atoms with Crippen LogP contribution in [0.25, 0.3) is 10.8 Å². The monoisotopic (exact) mass is 419 g/mol. The van der Waals surface area contributed by atoms with Gasteiger partial charge in [-0.15, -0.1) is 0 Å². The van der Waals surface area contributed by atoms with Gasteiger partial charge in [0, 0.05) is 11.4 Å². The van der Waals surface area contributed by atoms with Gasteiger partial charge in [-0.25, -0.2) is 4.79 Å². The normalized spacial score (nSPS) is 11.6. The van der Waals surface area contributed by atoms with Crippen LogP contribution in [-0.2, 0) is 14.3 Å². The average Bonchev–Trinajstić information content (AvgIpc) is 2.54. The van der Waals surface area contributed by atoms with Crippen molar-refractivity contribution in [2.75, 3.05) is 11.4 Å². The van der Waals surface area contributed by atoms with E-state index in [0.717, 1.165) is 15.2 Å². The second-order valence-electron chi connectivity index (χ2n) is 6.69. The van der Waals surface area contributed by atoms with Crippen molar-refractivity contribution in [3.05, 3.63) is 53.2 Å². The number of carbonyl (C=O) groups is 2. The van der Waals surface area contributed by atoms with Crippen LogP contribution in [0, 0.1) is 0 Å². The number of hydrogen-bond acceptors (Lipinski definition) is 4. The average molecular weight is 420 g/mol. The van der Waals surface area contributed by atoms with Gasteiger partial charge in [0.15, 0.2) is 0 Å². The molecule has 0 radical (unpaired) electrons. The summed E-state index contributed by atoms with van der Waals surface area (Å²) in [5.41, 5.74) is 0.0450. The molecule has 0 aliphatic heterocycles. The Morgan fingerprint density at radius 2 is 1.85 bits per heavy atom. The Labute approximate surface area is 161 Å². The number of carbonyl (C=O) groups excluding carboxylic acids is 2. The molecule has 2 aromatic carbocycles. The lowest BCUT2D eigenvalue weighted by Gasteiger charge is -2.27. The van der Waals surface area contributed by atoms with Crippen molar-refractivity contribution < 1.29 is 19.1 Å². The largest absolute Gasteiger partial charge is 0.443 e. The summed E-state index contributed by atoms with van der Waals surface area (Å²) in [5.74, 6) is -0.419. The van der Waals surface area contributed by atoms with E-state index in [4.69, 9.17) is 9.47 Å². The second kappa shape index (κ2) is 8.36. The summed E-state index contributed by atoms with van der Waals surface area (Å²) in [6, 6.07) is 11.7. The molecule has 0 atom stereocenters. The first-order valence-corrected chi connectivity index (χ1v) is 8.98. The lowest BCUT2D eigenvalue weighted by Crippen LogP contribution is -2.37. The molecule has 0 N–H and O–H groups in total. The number of hydrogen-bond donors (Lipinski definition) is 0. The van der Waals surface area contributed by atoms with Gasteiger partial charge in [-0.05, 0) is 59.6 Å². The SMILES string of the molecule is CC(=O)O/C=C/CN(C(=O)OC(C)(C)C)c1ccc2ccccc2c1Br. The van der Waals surface area contributed by atoms with Crippen molar-refractivity contribution in [2.24, 2.45) is 0 Å². The van der Waals surface area contributed by atoms with E-state index in [1.807, 2.05) is 57.2 Å². The molecule has 0 saturated heterocycles. The maximum absolute atomic E-state index is 12.7. The Balaban J connectivity index is 2.39. The van der Waals surface area contributed by atoms with Gasteiger partial charge in [-0.1, -0.05) is 30.3 Å². The number of nitrogens with zero attached hydrogens (tertiary/aromatic N) is 1. The summed E-state index contributed by atoms with van der Waals surface area (Å²) >= 11 is 3.60. The third-order valence-electron chi connectivity index (χ3n) is 3.37. The summed E-state index contributed by atoms with van der Waals surface area (Å²) in [6.07, 6.45) is 2.38. The summed E-state index contributed by atoms with van der Waals surface area (Å²) in [5, 5.41) is 2.05. The highest BCUT2D eigenvalue weighted by Gasteiger charge is 2.24. The predicted molar refractivity (Wildman–Crippen MR) is 106 cm³/mol. The Morgan fingerprint density at radius 3 is 2.50 bits per heavy atom. The van der Waals surface area contributed by atoms with E-state index >= 15 is 0 Å². The van der Waals surface area contributed by atoms with Gasteiger partial charge in [-0.3, -0.25) is 9.69 Å². The van der Waals surface area contributed by atoms with Crippen molar-refractivity contribution in [3.8, 4) is 0 Å². The smallest absolute Gasteiger partial charge is 0.415 e. The third-order valence-corrected chi connectivity index (χ3v) is 4.20. The molecule has 6 heteroatoms. The first kappa shape index (κ1) is 20.0. The molecule has 138 valence electrons. The molecule has 0 aromatic heterocycles. The molecule has 0 unspecified atom stereocenters. The molecule has 0 aliphatic carbocycles. The van der Waals surface area contributed by atoms with Gasteiger partial charge < -0.3 is 9.47 Å². The third kappa shape index (κ3) is 5.33. The molecule has 0 saturated carbocycles. The van der Waals surface area contributed by atoms with Crippen molar-refractivity contribution >= 4 is 44.5 Å². The Kier molecular flexibility index (Phi) is 6.42. The van der Waals surface area contributed by atoms with E-state index in [1.165, 1.54) is 18.1 Å². The van der Waals surface area contributed by atoms with Crippen LogP contribution in [0.3, 0.4) is 0 Å². The molecule has 5 nitrogen and oxygen atoms in total. The highest BCUT2D eigenvalue weighted by Crippen LogP contribution is 2.34. The van der Waals surface area contributed by atoms with Crippen LogP contribution in [0.4, 0.5) is 10.5 Å². The summed E-state index contributed by atoms with van der Waals surface area (Å²) in [4.78, 5) is 25.1. The molecule has 0 spiro atoms. The van der Waals surface area contributed by atoms with Crippen molar-refractivity contribution in [1.82, 2.24) is 0 Å². The number of benzene rings is 2. The fourth-order valence-electron chi connectivity index (χ4n) is 2.31. The number of fused-ring (bicyclic) bond motifs is 1. The molecule has 0 aliphatic rings. The first-order valence-electron chi connectivity index (χ1n) is 8.19. The molecule has 0 fully saturated rings. The zero-order valence-corrected chi connectivity index (χ0v) is 16.9. The molecule has 1 amide bonds. The zero-order chi connectivity index (χ0) is 19.3. The number of rotatable bonds is 4. The molecule has 26 heavy (non-hydrogen) atoms. The highest BCUT2D eigenvalue weighted by molar-refractivity contribution is 9.10. The van der Waals surface area contributed by atoms with Crippen molar-refractivity contribution in [3.63, 3.8) is 0 Å². The number of esters is 1. The predicted octanol–water partition coefficient (Wildman–Crippen LogP) is 5.42. The number of amides is 1. The maximum atomic E-state index is 12.7. The Morgan fingerprint density at radius 1 is 1.15 bits per heavy atom. The van der Waals surface area contributed by atoms with Gasteiger partial charge in [-0.2, -0.15) is 0 Å². The molecule has 2 aromatic rings. The van der Waals surface area contributed by atoms with Crippen LogP contribution >= 0.6 is 15.9 Å². The van der Waals surface area contributed by atoms with Gasteiger partial charge in [0.2, 0.25) is 0 Å². The zero-order valence-electron chi connectivity index (χ0n) is 15.3. The molecular formula is C20H22BrNO4. The van der Waals surface area contributed by atoms with Gasteiger partial charge in [0.1, 0.15) is 5.60 Å². The minimum Gasteiger partial charge on any atom is -0.443 e. The fourth-order valence-corrected chi connectivity index (χ4v) is 3.02. The Hall–Kier alpha value is -2.34. The second-order valence-corrected chi connectivity index (χ2v) is 7.48. The van der Waals surface area contributed by atoms with Crippen LogP contribution < -0.4 is 4.90 Å². The van der Waals surface area contributed by atoms with Crippen LogP contribution in [0.5, 0.6) is 0 Å². The lowest BCUT2D eigenvalue weighted by molar-refractivity contribution is -0.135. The summed E-state index contributed by atoms with van der Waals surface area (Å²) in [6.45, 7) is 6.95.